The molecule has 4 heterocycles. The number of hydrogen-bond donors (Lipinski definition) is 0. The van der Waals surface area contributed by atoms with Crippen molar-refractivity contribution in [3.8, 4) is 0 Å². The van der Waals surface area contributed by atoms with E-state index in [4.69, 9.17) is 9.26 Å². The van der Waals surface area contributed by atoms with E-state index >= 15 is 0 Å². The Kier molecular flexibility index (Phi) is 3.77. The number of carbonyl (C=O) groups is 2. The first-order valence-corrected chi connectivity index (χ1v) is 9.01. The monoisotopic (exact) mass is 359 g/mol. The molecule has 1 spiro atoms. The number of aromatic nitrogens is 1. The molecule has 7 nitrogen and oxygen atoms in total. The number of fused-ring (bicyclic) bond motifs is 1. The topological polar surface area (TPSA) is 75.9 Å². The van der Waals surface area contributed by atoms with Crippen molar-refractivity contribution in [1.29, 1.82) is 0 Å². The second kappa shape index (κ2) is 5.67. The molecule has 1 aromatic heterocycles. The number of hydrogen-bond acceptors (Lipinski definition) is 5. The van der Waals surface area contributed by atoms with E-state index in [1.165, 1.54) is 0 Å². The van der Waals surface area contributed by atoms with Crippen LogP contribution in [0.25, 0.3) is 0 Å². The van der Waals surface area contributed by atoms with Crippen LogP contribution in [0.1, 0.15) is 26.5 Å². The molecule has 0 N–H and O–H groups in total. The zero-order valence-corrected chi connectivity index (χ0v) is 15.6. The van der Waals surface area contributed by atoms with Crippen molar-refractivity contribution >= 4 is 11.8 Å². The third-order valence-electron chi connectivity index (χ3n) is 5.39. The summed E-state index contributed by atoms with van der Waals surface area (Å²) >= 11 is 0. The van der Waals surface area contributed by atoms with Gasteiger partial charge in [-0.25, -0.2) is 0 Å². The van der Waals surface area contributed by atoms with Crippen molar-refractivity contribution in [3.63, 3.8) is 0 Å². The maximum atomic E-state index is 13.1. The molecule has 2 saturated heterocycles. The summed E-state index contributed by atoms with van der Waals surface area (Å²) in [6.45, 7) is 7.82. The Bertz CT molecular complexity index is 751. The van der Waals surface area contributed by atoms with Gasteiger partial charge in [-0.1, -0.05) is 38.1 Å². The van der Waals surface area contributed by atoms with Crippen LogP contribution in [0, 0.1) is 17.3 Å². The van der Waals surface area contributed by atoms with Gasteiger partial charge in [-0.2, -0.15) is 0 Å². The van der Waals surface area contributed by atoms with Gasteiger partial charge in [-0.05, 0) is 5.41 Å². The second-order valence-electron chi connectivity index (χ2n) is 8.83. The van der Waals surface area contributed by atoms with Crippen LogP contribution >= 0.6 is 0 Å². The van der Waals surface area contributed by atoms with E-state index in [2.05, 4.69) is 25.9 Å². The highest BCUT2D eigenvalue weighted by atomic mass is 16.5. The quantitative estimate of drug-likeness (QED) is 0.761. The fourth-order valence-corrected chi connectivity index (χ4v) is 4.46. The summed E-state index contributed by atoms with van der Waals surface area (Å²) < 4.78 is 11.3. The van der Waals surface area contributed by atoms with Crippen LogP contribution in [-0.2, 0) is 20.9 Å². The summed E-state index contributed by atoms with van der Waals surface area (Å²) in [7, 11) is 1.72. The van der Waals surface area contributed by atoms with E-state index in [9.17, 15) is 9.59 Å². The summed E-state index contributed by atoms with van der Waals surface area (Å²) in [5.41, 5.74) is -0.657. The molecule has 0 aromatic carbocycles. The highest BCUT2D eigenvalue weighted by Gasteiger charge is 2.67. The summed E-state index contributed by atoms with van der Waals surface area (Å²) in [6, 6.07) is 1.73. The molecule has 26 heavy (non-hydrogen) atoms. The van der Waals surface area contributed by atoms with E-state index in [0.717, 1.165) is 0 Å². The molecule has 2 amide bonds. The highest BCUT2D eigenvalue weighted by molar-refractivity contribution is 5.93. The summed E-state index contributed by atoms with van der Waals surface area (Å²) in [5, 5.41) is 3.67. The average Bonchev–Trinajstić information content (AvgIpc) is 3.29. The second-order valence-corrected chi connectivity index (χ2v) is 8.83. The Labute approximate surface area is 152 Å². The Balaban J connectivity index is 1.56. The summed E-state index contributed by atoms with van der Waals surface area (Å²) in [5.74, 6) is -0.371. The smallest absolute Gasteiger partial charge is 0.230 e. The Morgan fingerprint density at radius 2 is 2.23 bits per heavy atom. The number of nitrogens with zero attached hydrogens (tertiary/aromatic N) is 3. The van der Waals surface area contributed by atoms with Gasteiger partial charge in [0, 0.05) is 19.7 Å². The molecule has 4 rings (SSSR count). The van der Waals surface area contributed by atoms with Crippen LogP contribution in [-0.4, -0.2) is 58.6 Å². The Hall–Kier alpha value is -2.15. The van der Waals surface area contributed by atoms with Gasteiger partial charge in [-0.3, -0.25) is 9.59 Å². The largest absolute Gasteiger partial charge is 0.360 e. The van der Waals surface area contributed by atoms with Gasteiger partial charge < -0.3 is 19.1 Å². The van der Waals surface area contributed by atoms with Crippen molar-refractivity contribution in [2.24, 2.45) is 17.3 Å². The standard InChI is InChI=1S/C19H25N3O4/c1-18(2,3)10-22-11-19-7-5-13(25-19)14(15(19)17(22)24)16(23)21(4)9-12-6-8-20-26-12/h5-8,13-15H,9-11H2,1-4H3/t13-,14+,15+,19-/m0/s1. The van der Waals surface area contributed by atoms with Crippen molar-refractivity contribution in [1.82, 2.24) is 15.0 Å². The van der Waals surface area contributed by atoms with Crippen LogP contribution in [0.5, 0.6) is 0 Å². The van der Waals surface area contributed by atoms with Crippen LogP contribution in [0.4, 0.5) is 0 Å². The molecule has 0 unspecified atom stereocenters. The maximum Gasteiger partial charge on any atom is 0.230 e. The molecule has 3 aliphatic heterocycles. The van der Waals surface area contributed by atoms with Gasteiger partial charge in [0.25, 0.3) is 0 Å². The molecule has 1 aromatic rings. The van der Waals surface area contributed by atoms with Crippen molar-refractivity contribution in [2.45, 2.75) is 39.0 Å². The minimum Gasteiger partial charge on any atom is -0.360 e. The van der Waals surface area contributed by atoms with Gasteiger partial charge in [0.05, 0.1) is 37.2 Å². The first-order chi connectivity index (χ1) is 12.2. The fraction of sp³-hybridized carbons (Fsp3) is 0.632. The molecule has 2 fully saturated rings. The molecular weight excluding hydrogens is 334 g/mol. The third-order valence-corrected chi connectivity index (χ3v) is 5.39. The third kappa shape index (κ3) is 2.65. The predicted octanol–water partition coefficient (Wildman–Crippen LogP) is 1.46. The van der Waals surface area contributed by atoms with Gasteiger partial charge in [0.15, 0.2) is 5.76 Å². The maximum absolute atomic E-state index is 13.1. The number of carbonyl (C=O) groups excluding carboxylic acids is 2. The first-order valence-electron chi connectivity index (χ1n) is 9.01. The molecule has 7 heteroatoms. The molecule has 0 aliphatic carbocycles. The van der Waals surface area contributed by atoms with E-state index < -0.39 is 17.4 Å². The Morgan fingerprint density at radius 1 is 1.46 bits per heavy atom. The number of amides is 2. The van der Waals surface area contributed by atoms with Crippen LogP contribution < -0.4 is 0 Å². The molecule has 2 bridgehead atoms. The zero-order chi connectivity index (χ0) is 18.7. The lowest BCUT2D eigenvalue weighted by Crippen LogP contribution is -2.44. The Morgan fingerprint density at radius 3 is 2.88 bits per heavy atom. The lowest BCUT2D eigenvalue weighted by molar-refractivity contribution is -0.143. The van der Waals surface area contributed by atoms with E-state index in [1.807, 2.05) is 17.1 Å². The lowest BCUT2D eigenvalue weighted by atomic mass is 9.76. The normalized spacial score (nSPS) is 32.4. The van der Waals surface area contributed by atoms with Gasteiger partial charge >= 0.3 is 0 Å². The minimum absolute atomic E-state index is 0.00472. The van der Waals surface area contributed by atoms with E-state index in [1.54, 1.807) is 24.2 Å². The highest BCUT2D eigenvalue weighted by Crippen LogP contribution is 2.52. The number of rotatable bonds is 4. The van der Waals surface area contributed by atoms with Crippen LogP contribution in [0.2, 0.25) is 0 Å². The summed E-state index contributed by atoms with van der Waals surface area (Å²) in [6.07, 6.45) is 5.15. The zero-order valence-electron chi connectivity index (χ0n) is 15.6. The molecular formula is C19H25N3O4. The van der Waals surface area contributed by atoms with Crippen molar-refractivity contribution in [3.05, 3.63) is 30.2 Å². The minimum atomic E-state index is -0.652. The molecule has 140 valence electrons. The lowest BCUT2D eigenvalue weighted by Gasteiger charge is -2.29. The first kappa shape index (κ1) is 17.3. The van der Waals surface area contributed by atoms with E-state index in [0.29, 0.717) is 25.4 Å². The summed E-state index contributed by atoms with van der Waals surface area (Å²) in [4.78, 5) is 29.7. The van der Waals surface area contributed by atoms with Gasteiger partial charge in [0.1, 0.15) is 5.60 Å². The number of ether oxygens (including phenoxy) is 1. The van der Waals surface area contributed by atoms with E-state index in [-0.39, 0.29) is 23.3 Å². The van der Waals surface area contributed by atoms with Crippen LogP contribution in [0.15, 0.2) is 28.9 Å². The molecule has 3 aliphatic rings. The SMILES string of the molecule is CN(Cc1ccno1)C(=O)[C@@H]1[C@@H]2C=C[C@@]3(CN(CC(C)(C)C)C(=O)[C@@H]13)O2. The van der Waals surface area contributed by atoms with Gasteiger partial charge in [0.2, 0.25) is 11.8 Å². The van der Waals surface area contributed by atoms with Crippen molar-refractivity contribution in [2.75, 3.05) is 20.1 Å². The van der Waals surface area contributed by atoms with Crippen molar-refractivity contribution < 1.29 is 18.8 Å². The molecule has 0 radical (unpaired) electrons. The predicted molar refractivity (Wildman–Crippen MR) is 92.7 cm³/mol. The van der Waals surface area contributed by atoms with Gasteiger partial charge in [-0.15, -0.1) is 0 Å². The molecule has 0 saturated carbocycles. The molecule has 4 atom stereocenters. The average molecular weight is 359 g/mol. The van der Waals surface area contributed by atoms with Crippen LogP contribution in [0.3, 0.4) is 0 Å². The number of likely N-dealkylation sites (tertiary alicyclic amines) is 1. The fourth-order valence-electron chi connectivity index (χ4n) is 4.46.